The second-order valence-electron chi connectivity index (χ2n) is 5.79. The summed E-state index contributed by atoms with van der Waals surface area (Å²) in [7, 11) is 0. The lowest BCUT2D eigenvalue weighted by molar-refractivity contribution is -0.121. The SMILES string of the molecule is CCCNC(=O)NC(=O)CN(CC(C)C)CC(C)C. The summed E-state index contributed by atoms with van der Waals surface area (Å²) in [5.74, 6) is 0.760. The van der Waals surface area contributed by atoms with Gasteiger partial charge in [0.15, 0.2) is 0 Å². The van der Waals surface area contributed by atoms with Gasteiger partial charge in [0.2, 0.25) is 5.91 Å². The predicted molar refractivity (Wildman–Crippen MR) is 77.9 cm³/mol. The molecular weight excluding hydrogens is 242 g/mol. The van der Waals surface area contributed by atoms with Crippen LogP contribution in [0.4, 0.5) is 4.79 Å². The average molecular weight is 271 g/mol. The predicted octanol–water partition coefficient (Wildman–Crippen LogP) is 1.84. The molecule has 0 heterocycles. The zero-order valence-electron chi connectivity index (χ0n) is 13.0. The van der Waals surface area contributed by atoms with Gasteiger partial charge in [-0.1, -0.05) is 34.6 Å². The molecule has 5 nitrogen and oxygen atoms in total. The van der Waals surface area contributed by atoms with Crippen LogP contribution in [0.25, 0.3) is 0 Å². The fraction of sp³-hybridized carbons (Fsp3) is 0.857. The smallest absolute Gasteiger partial charge is 0.321 e. The number of carbonyl (C=O) groups excluding carboxylic acids is 2. The summed E-state index contributed by atoms with van der Waals surface area (Å²) < 4.78 is 0. The minimum Gasteiger partial charge on any atom is -0.338 e. The van der Waals surface area contributed by atoms with Crippen LogP contribution in [0.3, 0.4) is 0 Å². The van der Waals surface area contributed by atoms with Gasteiger partial charge in [-0.15, -0.1) is 0 Å². The molecule has 0 saturated heterocycles. The van der Waals surface area contributed by atoms with Crippen molar-refractivity contribution < 1.29 is 9.59 Å². The van der Waals surface area contributed by atoms with Crippen LogP contribution in [-0.2, 0) is 4.79 Å². The van der Waals surface area contributed by atoms with E-state index in [0.717, 1.165) is 19.5 Å². The minimum absolute atomic E-state index is 0.241. The Kier molecular flexibility index (Phi) is 9.21. The molecule has 0 aliphatic rings. The first kappa shape index (κ1) is 17.9. The maximum atomic E-state index is 11.8. The molecule has 2 N–H and O–H groups in total. The van der Waals surface area contributed by atoms with Crippen molar-refractivity contribution in [3.05, 3.63) is 0 Å². The third-order valence-electron chi connectivity index (χ3n) is 2.40. The van der Waals surface area contributed by atoms with Gasteiger partial charge < -0.3 is 5.32 Å². The van der Waals surface area contributed by atoms with Crippen LogP contribution in [0.2, 0.25) is 0 Å². The van der Waals surface area contributed by atoms with Gasteiger partial charge >= 0.3 is 6.03 Å². The van der Waals surface area contributed by atoms with Crippen LogP contribution < -0.4 is 10.6 Å². The van der Waals surface area contributed by atoms with E-state index in [9.17, 15) is 9.59 Å². The summed E-state index contributed by atoms with van der Waals surface area (Å²) in [4.78, 5) is 25.2. The highest BCUT2D eigenvalue weighted by atomic mass is 16.2. The van der Waals surface area contributed by atoms with Crippen LogP contribution >= 0.6 is 0 Å². The third kappa shape index (κ3) is 10.5. The van der Waals surface area contributed by atoms with Gasteiger partial charge in [-0.25, -0.2) is 4.79 Å². The molecule has 0 aromatic rings. The normalized spacial score (nSPS) is 11.2. The molecule has 0 aromatic heterocycles. The van der Waals surface area contributed by atoms with Crippen LogP contribution in [0, 0.1) is 11.8 Å². The van der Waals surface area contributed by atoms with E-state index in [1.165, 1.54) is 0 Å². The Balaban J connectivity index is 4.18. The Morgan fingerprint density at radius 1 is 1.05 bits per heavy atom. The highest BCUT2D eigenvalue weighted by Crippen LogP contribution is 2.03. The molecule has 112 valence electrons. The van der Waals surface area contributed by atoms with E-state index in [1.807, 2.05) is 6.92 Å². The Morgan fingerprint density at radius 3 is 2.00 bits per heavy atom. The standard InChI is InChI=1S/C14H29N3O2/c1-6-7-15-14(19)16-13(18)10-17(8-11(2)3)9-12(4)5/h11-12H,6-10H2,1-5H3,(H2,15,16,18,19). The van der Waals surface area contributed by atoms with Crippen molar-refractivity contribution in [1.29, 1.82) is 0 Å². The van der Waals surface area contributed by atoms with Crippen LogP contribution in [0.1, 0.15) is 41.0 Å². The number of urea groups is 1. The van der Waals surface area contributed by atoms with Crippen molar-refractivity contribution in [1.82, 2.24) is 15.5 Å². The lowest BCUT2D eigenvalue weighted by atomic mass is 10.1. The second-order valence-corrected chi connectivity index (χ2v) is 5.79. The second kappa shape index (κ2) is 9.78. The van der Waals surface area contributed by atoms with Crippen molar-refractivity contribution in [2.75, 3.05) is 26.2 Å². The summed E-state index contributed by atoms with van der Waals surface area (Å²) in [5.41, 5.74) is 0. The number of nitrogens with one attached hydrogen (secondary N) is 2. The summed E-state index contributed by atoms with van der Waals surface area (Å²) >= 11 is 0. The largest absolute Gasteiger partial charge is 0.338 e. The van der Waals surface area contributed by atoms with Crippen LogP contribution in [0.15, 0.2) is 0 Å². The molecule has 3 amide bonds. The highest BCUT2D eigenvalue weighted by Gasteiger charge is 2.15. The van der Waals surface area contributed by atoms with E-state index in [2.05, 4.69) is 43.2 Å². The number of amides is 3. The van der Waals surface area contributed by atoms with E-state index < -0.39 is 6.03 Å². The summed E-state index contributed by atoms with van der Waals surface area (Å²) in [6, 6.07) is -0.402. The average Bonchev–Trinajstić information content (AvgIpc) is 2.23. The molecule has 0 rings (SSSR count). The number of imide groups is 1. The topological polar surface area (TPSA) is 61.4 Å². The molecule has 0 radical (unpaired) electrons. The molecule has 0 bridgehead atoms. The van der Waals surface area contributed by atoms with E-state index in [4.69, 9.17) is 0 Å². The highest BCUT2D eigenvalue weighted by molar-refractivity contribution is 5.95. The lowest BCUT2D eigenvalue weighted by Gasteiger charge is -2.25. The quantitative estimate of drug-likeness (QED) is 0.708. The molecule has 0 aliphatic carbocycles. The first-order valence-electron chi connectivity index (χ1n) is 7.15. The van der Waals surface area contributed by atoms with Gasteiger partial charge in [0.05, 0.1) is 6.54 Å². The number of carbonyl (C=O) groups is 2. The van der Waals surface area contributed by atoms with E-state index in [0.29, 0.717) is 18.4 Å². The molecule has 0 fully saturated rings. The maximum absolute atomic E-state index is 11.8. The van der Waals surface area contributed by atoms with Gasteiger partial charge in [0.25, 0.3) is 0 Å². The van der Waals surface area contributed by atoms with E-state index >= 15 is 0 Å². The fourth-order valence-corrected chi connectivity index (χ4v) is 1.89. The molecule has 0 unspecified atom stereocenters. The Morgan fingerprint density at radius 2 is 1.58 bits per heavy atom. The van der Waals surface area contributed by atoms with Crippen LogP contribution in [0.5, 0.6) is 0 Å². The number of rotatable bonds is 8. The molecule has 0 spiro atoms. The van der Waals surface area contributed by atoms with Crippen LogP contribution in [-0.4, -0.2) is 43.0 Å². The zero-order valence-corrected chi connectivity index (χ0v) is 13.0. The number of nitrogens with zero attached hydrogens (tertiary/aromatic N) is 1. The number of hydrogen-bond acceptors (Lipinski definition) is 3. The minimum atomic E-state index is -0.402. The molecule has 0 saturated carbocycles. The zero-order chi connectivity index (χ0) is 14.8. The molecular formula is C14H29N3O2. The van der Waals surface area contributed by atoms with Gasteiger partial charge in [-0.05, 0) is 18.3 Å². The third-order valence-corrected chi connectivity index (χ3v) is 2.40. The van der Waals surface area contributed by atoms with Crippen molar-refractivity contribution in [2.45, 2.75) is 41.0 Å². The maximum Gasteiger partial charge on any atom is 0.321 e. The van der Waals surface area contributed by atoms with Gasteiger partial charge in [-0.2, -0.15) is 0 Å². The van der Waals surface area contributed by atoms with Gasteiger partial charge in [-0.3, -0.25) is 15.0 Å². The molecule has 19 heavy (non-hydrogen) atoms. The number of hydrogen-bond donors (Lipinski definition) is 2. The monoisotopic (exact) mass is 271 g/mol. The summed E-state index contributed by atoms with van der Waals surface area (Å²) in [6.45, 7) is 13.0. The molecule has 0 aromatic carbocycles. The first-order chi connectivity index (χ1) is 8.85. The first-order valence-corrected chi connectivity index (χ1v) is 7.15. The Labute approximate surface area is 117 Å². The Hall–Kier alpha value is -1.10. The summed E-state index contributed by atoms with van der Waals surface area (Å²) in [6.07, 6.45) is 0.856. The van der Waals surface area contributed by atoms with Gasteiger partial charge in [0.1, 0.15) is 0 Å². The van der Waals surface area contributed by atoms with Crippen molar-refractivity contribution in [2.24, 2.45) is 11.8 Å². The van der Waals surface area contributed by atoms with E-state index in [-0.39, 0.29) is 12.5 Å². The van der Waals surface area contributed by atoms with Crippen molar-refractivity contribution >= 4 is 11.9 Å². The molecule has 0 atom stereocenters. The fourth-order valence-electron chi connectivity index (χ4n) is 1.89. The Bertz CT molecular complexity index is 268. The van der Waals surface area contributed by atoms with Crippen molar-refractivity contribution in [3.8, 4) is 0 Å². The lowest BCUT2D eigenvalue weighted by Crippen LogP contribution is -2.46. The summed E-state index contributed by atoms with van der Waals surface area (Å²) in [5, 5.41) is 4.99. The molecule has 0 aliphatic heterocycles. The van der Waals surface area contributed by atoms with Crippen molar-refractivity contribution in [3.63, 3.8) is 0 Å². The molecule has 5 heteroatoms. The van der Waals surface area contributed by atoms with E-state index in [1.54, 1.807) is 0 Å². The van der Waals surface area contributed by atoms with Gasteiger partial charge in [0, 0.05) is 19.6 Å².